The average molecular weight is 613 g/mol. The van der Waals surface area contributed by atoms with Gasteiger partial charge in [-0.25, -0.2) is 29.9 Å². The van der Waals surface area contributed by atoms with Gasteiger partial charge in [0.1, 0.15) is 54.2 Å². The van der Waals surface area contributed by atoms with Crippen molar-refractivity contribution < 1.29 is 28.4 Å². The third-order valence-electron chi connectivity index (χ3n) is 8.37. The van der Waals surface area contributed by atoms with Gasteiger partial charge in [-0.05, 0) is 34.1 Å². The zero-order valence-electron chi connectivity index (χ0n) is 23.8. The Hall–Kier alpha value is -3.19. The number of anilines is 2. The van der Waals surface area contributed by atoms with E-state index in [2.05, 4.69) is 29.9 Å². The van der Waals surface area contributed by atoms with Gasteiger partial charge >= 0.3 is 0 Å². The molecule has 1 unspecified atom stereocenters. The van der Waals surface area contributed by atoms with E-state index in [1.165, 1.54) is 12.7 Å². The molecule has 0 saturated carbocycles. The molecule has 16 nitrogen and oxygen atoms in total. The summed E-state index contributed by atoms with van der Waals surface area (Å²) in [5.74, 6) is -1.07. The van der Waals surface area contributed by atoms with E-state index < -0.39 is 54.5 Å². The van der Waals surface area contributed by atoms with Crippen molar-refractivity contribution in [3.8, 4) is 0 Å². The quantitative estimate of drug-likeness (QED) is 0.273. The SMILES string of the molecule is CC1(C)O[C@@H]2[C@@H](O1)[C@H](n1cnc3c(N)ncnc31)O[C@H]2CC(S)[C@H]1O[C@@H](n2cnc3c(N)ncnc32)[C@@H]2OC(C)(C)O[C@H]21. The van der Waals surface area contributed by atoms with Gasteiger partial charge in [-0.1, -0.05) is 0 Å². The number of thiol groups is 1. The molecule has 0 aliphatic carbocycles. The summed E-state index contributed by atoms with van der Waals surface area (Å²) in [6, 6.07) is 0. The summed E-state index contributed by atoms with van der Waals surface area (Å²) >= 11 is 5.05. The lowest BCUT2D eigenvalue weighted by molar-refractivity contribution is -0.203. The molecule has 0 amide bonds. The van der Waals surface area contributed by atoms with E-state index in [0.717, 1.165) is 0 Å². The van der Waals surface area contributed by atoms with Gasteiger partial charge in [0.25, 0.3) is 0 Å². The fourth-order valence-electron chi connectivity index (χ4n) is 6.70. The van der Waals surface area contributed by atoms with Crippen LogP contribution in [0.2, 0.25) is 0 Å². The van der Waals surface area contributed by atoms with E-state index in [1.54, 1.807) is 12.7 Å². The van der Waals surface area contributed by atoms with Crippen molar-refractivity contribution in [1.29, 1.82) is 0 Å². The standard InChI is InChI=1S/C26H32N10O6S/c1-25(2)39-14-10(37-23(17(14)41-25)35-8-33-12-19(27)29-6-31-21(12)35)5-11(43)15-16-18(42-26(3,4)40-16)24(38-15)36-9-34-13-20(28)30-7-32-22(13)36/h6-11,14-18,23-24,43H,5H2,1-4H3,(H2,27,29,31)(H2,28,30,32)/t10-,11?,14-,15+,16-,17+,18+,23+,24+/m0/s1. The number of hydrogen-bond donors (Lipinski definition) is 3. The summed E-state index contributed by atoms with van der Waals surface area (Å²) in [4.78, 5) is 25.7. The largest absolute Gasteiger partial charge is 0.382 e. The van der Waals surface area contributed by atoms with Gasteiger partial charge in [-0.15, -0.1) is 0 Å². The monoisotopic (exact) mass is 612 g/mol. The van der Waals surface area contributed by atoms with Crippen LogP contribution in [0.1, 0.15) is 46.6 Å². The minimum atomic E-state index is -0.827. The third kappa shape index (κ3) is 4.28. The second-order valence-electron chi connectivity index (χ2n) is 12.2. The lowest BCUT2D eigenvalue weighted by Crippen LogP contribution is -2.40. The van der Waals surface area contributed by atoms with Crippen LogP contribution in [0.5, 0.6) is 0 Å². The van der Waals surface area contributed by atoms with Gasteiger partial charge in [0.15, 0.2) is 47.0 Å². The molecule has 4 saturated heterocycles. The van der Waals surface area contributed by atoms with Crippen LogP contribution >= 0.6 is 12.6 Å². The lowest BCUT2D eigenvalue weighted by atomic mass is 10.00. The maximum atomic E-state index is 6.63. The van der Waals surface area contributed by atoms with Crippen LogP contribution in [-0.2, 0) is 28.4 Å². The van der Waals surface area contributed by atoms with Gasteiger partial charge in [-0.3, -0.25) is 9.13 Å². The predicted molar refractivity (Wildman–Crippen MR) is 152 cm³/mol. The Morgan fingerprint density at radius 1 is 0.721 bits per heavy atom. The van der Waals surface area contributed by atoms with Crippen molar-refractivity contribution in [3.63, 3.8) is 0 Å². The molecule has 8 heterocycles. The molecule has 4 fully saturated rings. The molecular formula is C26H32N10O6S. The molecular weight excluding hydrogens is 580 g/mol. The van der Waals surface area contributed by atoms with E-state index >= 15 is 0 Å². The summed E-state index contributed by atoms with van der Waals surface area (Å²) in [6.45, 7) is 7.53. The second kappa shape index (κ2) is 9.40. The smallest absolute Gasteiger partial charge is 0.167 e. The summed E-state index contributed by atoms with van der Waals surface area (Å²) < 4.78 is 42.3. The highest BCUT2D eigenvalue weighted by molar-refractivity contribution is 7.81. The van der Waals surface area contributed by atoms with Gasteiger partial charge in [-0.2, -0.15) is 12.6 Å². The van der Waals surface area contributed by atoms with E-state index in [1.807, 2.05) is 36.8 Å². The summed E-state index contributed by atoms with van der Waals surface area (Å²) in [7, 11) is 0. The minimum Gasteiger partial charge on any atom is -0.382 e. The van der Waals surface area contributed by atoms with Crippen molar-refractivity contribution in [2.75, 3.05) is 11.5 Å². The molecule has 0 bridgehead atoms. The molecule has 0 aromatic carbocycles. The first kappa shape index (κ1) is 27.4. The number of hydrogen-bond acceptors (Lipinski definition) is 15. The number of nitrogens with zero attached hydrogens (tertiary/aromatic N) is 8. The maximum Gasteiger partial charge on any atom is 0.167 e. The molecule has 4 aromatic heterocycles. The highest BCUT2D eigenvalue weighted by Crippen LogP contribution is 2.49. The average Bonchev–Trinajstić information content (AvgIpc) is 3.76. The fraction of sp³-hybridized carbons (Fsp3) is 0.615. The molecule has 0 spiro atoms. The number of rotatable bonds is 5. The lowest BCUT2D eigenvalue weighted by Gasteiger charge is -2.29. The zero-order valence-corrected chi connectivity index (χ0v) is 24.7. The Balaban J connectivity index is 1.08. The molecule has 4 aliphatic rings. The molecule has 9 atom stereocenters. The number of imidazole rings is 2. The topological polar surface area (TPSA) is 195 Å². The van der Waals surface area contributed by atoms with Crippen molar-refractivity contribution in [2.24, 2.45) is 0 Å². The fourth-order valence-corrected chi connectivity index (χ4v) is 7.15. The Kier molecular flexibility index (Phi) is 5.98. The molecule has 4 N–H and O–H groups in total. The summed E-state index contributed by atoms with van der Waals surface area (Å²) in [6.07, 6.45) is 2.88. The first-order valence-electron chi connectivity index (χ1n) is 14.1. The van der Waals surface area contributed by atoms with E-state index in [-0.39, 0.29) is 17.2 Å². The minimum absolute atomic E-state index is 0.287. The van der Waals surface area contributed by atoms with Crippen LogP contribution in [0.15, 0.2) is 25.3 Å². The van der Waals surface area contributed by atoms with Crippen LogP contribution in [0.3, 0.4) is 0 Å². The van der Waals surface area contributed by atoms with Crippen LogP contribution < -0.4 is 11.5 Å². The van der Waals surface area contributed by atoms with Crippen molar-refractivity contribution in [2.45, 2.75) is 100 Å². The molecule has 43 heavy (non-hydrogen) atoms. The molecule has 4 aliphatic heterocycles. The van der Waals surface area contributed by atoms with Gasteiger partial charge in [0.05, 0.1) is 18.8 Å². The normalized spacial score (nSPS) is 35.1. The van der Waals surface area contributed by atoms with Crippen molar-refractivity contribution in [3.05, 3.63) is 25.3 Å². The van der Waals surface area contributed by atoms with Crippen LogP contribution in [-0.4, -0.2) is 92.5 Å². The molecule has 228 valence electrons. The molecule has 0 radical (unpaired) electrons. The Bertz CT molecular complexity index is 1710. The zero-order chi connectivity index (χ0) is 29.8. The van der Waals surface area contributed by atoms with Crippen LogP contribution in [0, 0.1) is 0 Å². The number of nitrogen functional groups attached to an aromatic ring is 2. The third-order valence-corrected chi connectivity index (χ3v) is 8.87. The van der Waals surface area contributed by atoms with E-state index in [0.29, 0.717) is 34.6 Å². The van der Waals surface area contributed by atoms with E-state index in [9.17, 15) is 0 Å². The Morgan fingerprint density at radius 2 is 1.21 bits per heavy atom. The van der Waals surface area contributed by atoms with E-state index in [4.69, 9.17) is 52.5 Å². The van der Waals surface area contributed by atoms with Gasteiger partial charge < -0.3 is 39.9 Å². The Morgan fingerprint density at radius 3 is 1.79 bits per heavy atom. The number of ether oxygens (including phenoxy) is 6. The van der Waals surface area contributed by atoms with Crippen molar-refractivity contribution in [1.82, 2.24) is 39.0 Å². The van der Waals surface area contributed by atoms with Crippen molar-refractivity contribution >= 4 is 46.6 Å². The first-order valence-corrected chi connectivity index (χ1v) is 14.6. The highest BCUT2D eigenvalue weighted by Gasteiger charge is 2.60. The Labute approximate surface area is 250 Å². The highest BCUT2D eigenvalue weighted by atomic mass is 32.1. The molecule has 4 aromatic rings. The molecule has 8 rings (SSSR count). The summed E-state index contributed by atoms with van der Waals surface area (Å²) in [5.41, 5.74) is 14.2. The number of aromatic nitrogens is 8. The van der Waals surface area contributed by atoms with Crippen LogP contribution in [0.25, 0.3) is 22.3 Å². The maximum absolute atomic E-state index is 6.63. The van der Waals surface area contributed by atoms with Crippen LogP contribution in [0.4, 0.5) is 11.6 Å². The molecule has 17 heteroatoms. The first-order chi connectivity index (χ1) is 20.5. The van der Waals surface area contributed by atoms with Gasteiger partial charge in [0.2, 0.25) is 0 Å². The van der Waals surface area contributed by atoms with Gasteiger partial charge in [0, 0.05) is 5.25 Å². The number of fused-ring (bicyclic) bond motifs is 4. The second-order valence-corrected chi connectivity index (χ2v) is 12.8. The number of nitrogens with two attached hydrogens (primary N) is 2. The summed E-state index contributed by atoms with van der Waals surface area (Å²) in [5, 5.41) is -0.335. The predicted octanol–water partition coefficient (Wildman–Crippen LogP) is 1.35.